The average Bonchev–Trinajstić information content (AvgIpc) is 3.35. The van der Waals surface area contributed by atoms with Crippen LogP contribution in [-0.2, 0) is 14.3 Å². The van der Waals surface area contributed by atoms with Gasteiger partial charge in [-0.3, -0.25) is 9.59 Å². The first-order chi connectivity index (χ1) is 34.5. The molecule has 3 N–H and O–H groups in total. The molecular formula is C64H123NO5. The van der Waals surface area contributed by atoms with Gasteiger partial charge in [0, 0.05) is 6.42 Å². The van der Waals surface area contributed by atoms with Gasteiger partial charge in [0.25, 0.3) is 0 Å². The van der Waals surface area contributed by atoms with Crippen LogP contribution < -0.4 is 5.32 Å². The third kappa shape index (κ3) is 52.7. The summed E-state index contributed by atoms with van der Waals surface area (Å²) in [6.45, 7) is 6.52. The second-order valence-corrected chi connectivity index (χ2v) is 21.8. The van der Waals surface area contributed by atoms with E-state index in [1.54, 1.807) is 0 Å². The first kappa shape index (κ1) is 68.3. The molecular weight excluding hydrogens is 863 g/mol. The van der Waals surface area contributed by atoms with Crippen LogP contribution in [0.4, 0.5) is 0 Å². The number of esters is 1. The highest BCUT2D eigenvalue weighted by molar-refractivity contribution is 5.77. The van der Waals surface area contributed by atoms with Crippen molar-refractivity contribution in [3.63, 3.8) is 0 Å². The lowest BCUT2D eigenvalue weighted by atomic mass is 10.0. The van der Waals surface area contributed by atoms with Gasteiger partial charge in [0.05, 0.1) is 25.2 Å². The molecule has 0 rings (SSSR count). The molecule has 6 heteroatoms. The number of aliphatic hydroxyl groups excluding tert-OH is 2. The highest BCUT2D eigenvalue weighted by Crippen LogP contribution is 2.19. The van der Waals surface area contributed by atoms with Crippen molar-refractivity contribution in [2.24, 2.45) is 0 Å². The predicted molar refractivity (Wildman–Crippen MR) is 306 cm³/mol. The van der Waals surface area contributed by atoms with Crippen molar-refractivity contribution in [1.29, 1.82) is 0 Å². The Morgan fingerprint density at radius 1 is 0.414 bits per heavy atom. The van der Waals surface area contributed by atoms with Crippen molar-refractivity contribution in [2.75, 3.05) is 6.61 Å². The Hall–Kier alpha value is -1.66. The highest BCUT2D eigenvalue weighted by Gasteiger charge is 2.24. The normalized spacial score (nSPS) is 13.2. The molecule has 6 nitrogen and oxygen atoms in total. The Morgan fingerprint density at radius 3 is 1.11 bits per heavy atom. The highest BCUT2D eigenvalue weighted by atomic mass is 16.5. The summed E-state index contributed by atoms with van der Waals surface area (Å²) < 4.78 is 5.99. The molecule has 0 aromatic rings. The molecule has 0 saturated heterocycles. The molecule has 70 heavy (non-hydrogen) atoms. The fourth-order valence-electron chi connectivity index (χ4n) is 9.99. The zero-order valence-corrected chi connectivity index (χ0v) is 47.4. The first-order valence-electron chi connectivity index (χ1n) is 31.6. The van der Waals surface area contributed by atoms with Crippen molar-refractivity contribution in [3.05, 3.63) is 24.3 Å². The number of amides is 1. The van der Waals surface area contributed by atoms with E-state index in [-0.39, 0.29) is 24.9 Å². The number of carbonyl (C=O) groups is 2. The Kier molecular flexibility index (Phi) is 56.9. The minimum Gasteiger partial charge on any atom is -0.462 e. The maximum atomic E-state index is 13.3. The van der Waals surface area contributed by atoms with Crippen LogP contribution in [0.5, 0.6) is 0 Å². The van der Waals surface area contributed by atoms with Gasteiger partial charge in [-0.1, -0.05) is 302 Å². The standard InChI is InChI=1S/C64H123NO5/c1-4-7-10-13-16-19-22-25-28-30-31-33-36-39-42-45-48-51-54-57-64(69)70-60(55-52-49-46-43-40-37-35-32-29-26-23-20-17-14-11-8-5-2)58-63(68)65-61(59-66)62(67)56-53-50-47-44-41-38-34-27-24-21-18-15-12-9-6-3/h16,19,25,28,60-62,66-67H,4-15,17-18,20-24,26-27,29-59H2,1-3H3,(H,65,68)/b19-16-,28-25-. The van der Waals surface area contributed by atoms with Crippen LogP contribution in [-0.4, -0.2) is 46.9 Å². The quantitative estimate of drug-likeness (QED) is 0.0321. The fourth-order valence-corrected chi connectivity index (χ4v) is 9.99. The molecule has 0 spiro atoms. The molecule has 3 unspecified atom stereocenters. The van der Waals surface area contributed by atoms with Gasteiger partial charge in [0.15, 0.2) is 0 Å². The summed E-state index contributed by atoms with van der Waals surface area (Å²) in [7, 11) is 0. The maximum Gasteiger partial charge on any atom is 0.306 e. The second kappa shape index (κ2) is 58.2. The van der Waals surface area contributed by atoms with Gasteiger partial charge in [0.2, 0.25) is 5.91 Å². The number of nitrogens with one attached hydrogen (secondary N) is 1. The molecule has 3 atom stereocenters. The van der Waals surface area contributed by atoms with Crippen LogP contribution in [0.15, 0.2) is 24.3 Å². The van der Waals surface area contributed by atoms with Gasteiger partial charge in [-0.25, -0.2) is 0 Å². The maximum absolute atomic E-state index is 13.3. The van der Waals surface area contributed by atoms with Gasteiger partial charge >= 0.3 is 5.97 Å². The molecule has 0 aromatic heterocycles. The average molecular weight is 987 g/mol. The fraction of sp³-hybridized carbons (Fsp3) is 0.906. The minimum atomic E-state index is -0.785. The zero-order chi connectivity index (χ0) is 50.9. The molecule has 0 aliphatic rings. The van der Waals surface area contributed by atoms with E-state index in [4.69, 9.17) is 4.74 Å². The minimum absolute atomic E-state index is 0.0829. The number of allylic oxidation sites excluding steroid dienone is 4. The summed E-state index contributed by atoms with van der Waals surface area (Å²) >= 11 is 0. The van der Waals surface area contributed by atoms with Crippen molar-refractivity contribution in [3.8, 4) is 0 Å². The van der Waals surface area contributed by atoms with E-state index in [1.165, 1.54) is 250 Å². The van der Waals surface area contributed by atoms with E-state index >= 15 is 0 Å². The van der Waals surface area contributed by atoms with Gasteiger partial charge in [0.1, 0.15) is 6.10 Å². The van der Waals surface area contributed by atoms with E-state index in [0.717, 1.165) is 51.4 Å². The van der Waals surface area contributed by atoms with Crippen molar-refractivity contribution < 1.29 is 24.5 Å². The molecule has 0 aliphatic heterocycles. The van der Waals surface area contributed by atoms with Crippen LogP contribution in [0.1, 0.15) is 348 Å². The number of hydrogen-bond donors (Lipinski definition) is 3. The molecule has 0 heterocycles. The van der Waals surface area contributed by atoms with Gasteiger partial charge < -0.3 is 20.3 Å². The Labute approximate surface area is 437 Å². The number of rotatable bonds is 58. The molecule has 0 radical (unpaired) electrons. The van der Waals surface area contributed by atoms with Crippen LogP contribution in [0.2, 0.25) is 0 Å². The van der Waals surface area contributed by atoms with E-state index in [9.17, 15) is 19.8 Å². The summed E-state index contributed by atoms with van der Waals surface area (Å²) in [4.78, 5) is 26.4. The van der Waals surface area contributed by atoms with Gasteiger partial charge in [-0.2, -0.15) is 0 Å². The molecule has 414 valence electrons. The zero-order valence-electron chi connectivity index (χ0n) is 47.4. The predicted octanol–water partition coefficient (Wildman–Crippen LogP) is 19.8. The Bertz CT molecular complexity index is 1110. The van der Waals surface area contributed by atoms with Gasteiger partial charge in [-0.05, 0) is 57.8 Å². The molecule has 0 aromatic carbocycles. The van der Waals surface area contributed by atoms with E-state index < -0.39 is 18.2 Å². The summed E-state index contributed by atoms with van der Waals surface area (Å²) in [6.07, 6.45) is 69.6. The summed E-state index contributed by atoms with van der Waals surface area (Å²) in [5, 5.41) is 24.0. The van der Waals surface area contributed by atoms with Crippen molar-refractivity contribution >= 4 is 11.9 Å². The topological polar surface area (TPSA) is 95.9 Å². The van der Waals surface area contributed by atoms with Crippen LogP contribution >= 0.6 is 0 Å². The lowest BCUT2D eigenvalue weighted by Crippen LogP contribution is -2.46. The first-order valence-corrected chi connectivity index (χ1v) is 31.6. The smallest absolute Gasteiger partial charge is 0.306 e. The summed E-state index contributed by atoms with van der Waals surface area (Å²) in [5.41, 5.74) is 0. The lowest BCUT2D eigenvalue weighted by molar-refractivity contribution is -0.151. The third-order valence-corrected chi connectivity index (χ3v) is 14.8. The molecule has 0 fully saturated rings. The van der Waals surface area contributed by atoms with Gasteiger partial charge in [-0.15, -0.1) is 0 Å². The summed E-state index contributed by atoms with van der Waals surface area (Å²) in [6, 6.07) is -0.699. The molecule has 1 amide bonds. The molecule has 0 saturated carbocycles. The number of hydrogen-bond acceptors (Lipinski definition) is 5. The largest absolute Gasteiger partial charge is 0.462 e. The van der Waals surface area contributed by atoms with Crippen LogP contribution in [0, 0.1) is 0 Å². The van der Waals surface area contributed by atoms with E-state index in [0.29, 0.717) is 19.3 Å². The number of ether oxygens (including phenoxy) is 1. The van der Waals surface area contributed by atoms with Crippen molar-refractivity contribution in [2.45, 2.75) is 366 Å². The monoisotopic (exact) mass is 986 g/mol. The second-order valence-electron chi connectivity index (χ2n) is 21.8. The molecule has 0 bridgehead atoms. The SMILES string of the molecule is CCCCC/C=C\C/C=C\CCCCCCCCCCCC(=O)OC(CCCCCCCCCCCCCCCCCCC)CC(=O)NC(CO)C(O)CCCCCCCCCCCCCCCCC. The number of aliphatic hydroxyl groups is 2. The number of carbonyl (C=O) groups excluding carboxylic acids is 2. The van der Waals surface area contributed by atoms with Crippen LogP contribution in [0.3, 0.4) is 0 Å². The third-order valence-electron chi connectivity index (χ3n) is 14.8. The summed E-state index contributed by atoms with van der Waals surface area (Å²) in [5.74, 6) is -0.453. The Balaban J connectivity index is 4.50. The Morgan fingerprint density at radius 2 is 0.729 bits per heavy atom. The van der Waals surface area contributed by atoms with E-state index in [1.807, 2.05) is 0 Å². The number of unbranched alkanes of at least 4 members (excludes halogenated alkanes) is 42. The lowest BCUT2D eigenvalue weighted by Gasteiger charge is -2.24. The van der Waals surface area contributed by atoms with Crippen molar-refractivity contribution in [1.82, 2.24) is 5.32 Å². The van der Waals surface area contributed by atoms with Crippen LogP contribution in [0.25, 0.3) is 0 Å². The van der Waals surface area contributed by atoms with E-state index in [2.05, 4.69) is 50.4 Å². The molecule has 0 aliphatic carbocycles.